The van der Waals surface area contributed by atoms with Gasteiger partial charge in [0.2, 0.25) is 0 Å². The molecule has 2 heterocycles. The molecule has 19 heavy (non-hydrogen) atoms. The number of furan rings is 2. The number of hydrogen-bond acceptors (Lipinski definition) is 2. The van der Waals surface area contributed by atoms with E-state index in [1.54, 1.807) is 6.26 Å². The minimum absolute atomic E-state index is 0.813. The highest BCUT2D eigenvalue weighted by atomic mass is 16.3. The lowest BCUT2D eigenvalue weighted by molar-refractivity contribution is -0.689. The Hall–Kier alpha value is -2.26. The van der Waals surface area contributed by atoms with Crippen molar-refractivity contribution in [2.24, 2.45) is 0 Å². The van der Waals surface area contributed by atoms with E-state index in [9.17, 15) is 0 Å². The van der Waals surface area contributed by atoms with Crippen LogP contribution in [0.2, 0.25) is 0 Å². The van der Waals surface area contributed by atoms with Crippen LogP contribution in [-0.4, -0.2) is 0 Å². The fraction of sp³-hybridized carbons (Fsp3) is 0.125. The normalized spacial score (nSPS) is 10.7. The minimum Gasteiger partial charge on any atom is -0.463 e. The predicted octanol–water partition coefficient (Wildman–Crippen LogP) is 2.80. The molecule has 3 heteroatoms. The fourth-order valence-electron chi connectivity index (χ4n) is 2.03. The van der Waals surface area contributed by atoms with Crippen molar-refractivity contribution < 1.29 is 14.2 Å². The first-order valence-electron chi connectivity index (χ1n) is 6.40. The van der Waals surface area contributed by atoms with E-state index >= 15 is 0 Å². The molecule has 0 radical (unpaired) electrons. The molecule has 0 amide bonds. The molecule has 0 unspecified atom stereocenters. The summed E-state index contributed by atoms with van der Waals surface area (Å²) in [5.41, 5.74) is 1.11. The highest BCUT2D eigenvalue weighted by Crippen LogP contribution is 2.21. The van der Waals surface area contributed by atoms with Crippen LogP contribution >= 0.6 is 0 Å². The zero-order valence-electron chi connectivity index (χ0n) is 10.6. The molecule has 2 aromatic heterocycles. The molecular formula is C16H16NO2+. The van der Waals surface area contributed by atoms with E-state index in [0.717, 1.165) is 35.9 Å². The molecule has 96 valence electrons. The zero-order chi connectivity index (χ0) is 12.9. The van der Waals surface area contributed by atoms with Gasteiger partial charge in [0.1, 0.15) is 18.8 Å². The average molecular weight is 254 g/mol. The van der Waals surface area contributed by atoms with E-state index in [0.29, 0.717) is 0 Å². The molecule has 0 aliphatic heterocycles. The Bertz CT molecular complexity index is 611. The maximum Gasteiger partial charge on any atom is 0.158 e. The molecule has 2 N–H and O–H groups in total. The van der Waals surface area contributed by atoms with Crippen LogP contribution in [0.3, 0.4) is 0 Å². The van der Waals surface area contributed by atoms with E-state index < -0.39 is 0 Å². The molecule has 0 aliphatic carbocycles. The summed E-state index contributed by atoms with van der Waals surface area (Å²) in [6.45, 7) is 1.64. The molecule has 0 atom stereocenters. The quantitative estimate of drug-likeness (QED) is 0.760. The van der Waals surface area contributed by atoms with Gasteiger partial charge in [0.05, 0.1) is 6.26 Å². The monoisotopic (exact) mass is 254 g/mol. The van der Waals surface area contributed by atoms with Gasteiger partial charge in [-0.2, -0.15) is 0 Å². The molecule has 1 aromatic carbocycles. The summed E-state index contributed by atoms with van der Waals surface area (Å²) in [6, 6.07) is 18.1. The second kappa shape index (κ2) is 5.59. The molecule has 0 bridgehead atoms. The van der Waals surface area contributed by atoms with Crippen LogP contribution in [0.5, 0.6) is 0 Å². The predicted molar refractivity (Wildman–Crippen MR) is 72.2 cm³/mol. The third-order valence-corrected chi connectivity index (χ3v) is 2.99. The molecule has 0 aliphatic rings. The summed E-state index contributed by atoms with van der Waals surface area (Å²) < 4.78 is 11.1. The van der Waals surface area contributed by atoms with Crippen LogP contribution in [0.25, 0.3) is 11.3 Å². The third kappa shape index (κ3) is 2.95. The fourth-order valence-corrected chi connectivity index (χ4v) is 2.03. The summed E-state index contributed by atoms with van der Waals surface area (Å²) in [7, 11) is 0. The molecule has 0 saturated carbocycles. The van der Waals surface area contributed by atoms with Crippen LogP contribution in [0.1, 0.15) is 11.5 Å². The van der Waals surface area contributed by atoms with Gasteiger partial charge in [0, 0.05) is 5.56 Å². The average Bonchev–Trinajstić information content (AvgIpc) is 3.11. The maximum atomic E-state index is 5.83. The highest BCUT2D eigenvalue weighted by molar-refractivity contribution is 5.57. The van der Waals surface area contributed by atoms with Gasteiger partial charge in [-0.1, -0.05) is 30.3 Å². The SMILES string of the molecule is c1ccc(-c2ccc(C[NH2+]Cc3ccco3)o2)cc1. The van der Waals surface area contributed by atoms with Gasteiger partial charge in [-0.05, 0) is 24.3 Å². The Morgan fingerprint density at radius 2 is 1.63 bits per heavy atom. The van der Waals surface area contributed by atoms with Crippen molar-refractivity contribution in [1.82, 2.24) is 0 Å². The van der Waals surface area contributed by atoms with Crippen molar-refractivity contribution in [1.29, 1.82) is 0 Å². The zero-order valence-corrected chi connectivity index (χ0v) is 10.6. The van der Waals surface area contributed by atoms with Crippen LogP contribution in [0.4, 0.5) is 0 Å². The van der Waals surface area contributed by atoms with Gasteiger partial charge in [-0.25, -0.2) is 0 Å². The van der Waals surface area contributed by atoms with Gasteiger partial charge in [0.25, 0.3) is 0 Å². The first-order chi connectivity index (χ1) is 9.42. The minimum atomic E-state index is 0.813. The molecule has 0 spiro atoms. The van der Waals surface area contributed by atoms with Gasteiger partial charge < -0.3 is 14.2 Å². The van der Waals surface area contributed by atoms with E-state index in [1.807, 2.05) is 42.5 Å². The Labute approximate surface area is 111 Å². The number of nitrogens with two attached hydrogens (primary N) is 1. The largest absolute Gasteiger partial charge is 0.463 e. The lowest BCUT2D eigenvalue weighted by Gasteiger charge is -1.98. The van der Waals surface area contributed by atoms with Gasteiger partial charge in [0.15, 0.2) is 11.5 Å². The summed E-state index contributed by atoms with van der Waals surface area (Å²) >= 11 is 0. The number of rotatable bonds is 5. The van der Waals surface area contributed by atoms with Gasteiger partial charge >= 0.3 is 0 Å². The first-order valence-corrected chi connectivity index (χ1v) is 6.40. The first kappa shape index (κ1) is 11.8. The number of benzene rings is 1. The number of hydrogen-bond donors (Lipinski definition) is 1. The summed E-state index contributed by atoms with van der Waals surface area (Å²) in [5.74, 6) is 2.88. The molecule has 3 rings (SSSR count). The van der Waals surface area contributed by atoms with E-state index in [2.05, 4.69) is 17.4 Å². The van der Waals surface area contributed by atoms with E-state index in [4.69, 9.17) is 8.83 Å². The smallest absolute Gasteiger partial charge is 0.158 e. The summed E-state index contributed by atoms with van der Waals surface area (Å²) in [4.78, 5) is 0. The third-order valence-electron chi connectivity index (χ3n) is 2.99. The molecule has 0 fully saturated rings. The van der Waals surface area contributed by atoms with E-state index in [1.165, 1.54) is 0 Å². The maximum absolute atomic E-state index is 5.83. The van der Waals surface area contributed by atoms with Crippen LogP contribution in [0, 0.1) is 0 Å². The lowest BCUT2D eigenvalue weighted by Crippen LogP contribution is -2.80. The standard InChI is InChI=1S/C16H15NO2/c1-2-5-13(6-3-1)16-9-8-15(19-16)12-17-11-14-7-4-10-18-14/h1-10,17H,11-12H2/p+1. The number of quaternary nitrogens is 1. The van der Waals surface area contributed by atoms with Crippen molar-refractivity contribution in [3.63, 3.8) is 0 Å². The van der Waals surface area contributed by atoms with Crippen molar-refractivity contribution >= 4 is 0 Å². The van der Waals surface area contributed by atoms with E-state index in [-0.39, 0.29) is 0 Å². The van der Waals surface area contributed by atoms with Crippen LogP contribution in [-0.2, 0) is 13.1 Å². The Morgan fingerprint density at radius 3 is 2.42 bits per heavy atom. The topological polar surface area (TPSA) is 42.9 Å². The second-order valence-corrected chi connectivity index (χ2v) is 4.41. The van der Waals surface area contributed by atoms with Crippen molar-refractivity contribution in [3.8, 4) is 11.3 Å². The molecule has 0 saturated heterocycles. The summed E-state index contributed by atoms with van der Waals surface area (Å²) in [6.07, 6.45) is 1.70. The second-order valence-electron chi connectivity index (χ2n) is 4.41. The molecule has 3 aromatic rings. The summed E-state index contributed by atoms with van der Waals surface area (Å²) in [5, 5.41) is 2.16. The van der Waals surface area contributed by atoms with Crippen molar-refractivity contribution in [2.45, 2.75) is 13.1 Å². The molecular weight excluding hydrogens is 238 g/mol. The Kier molecular flexibility index (Phi) is 3.47. The van der Waals surface area contributed by atoms with Crippen LogP contribution in [0.15, 0.2) is 69.7 Å². The molecule has 3 nitrogen and oxygen atoms in total. The van der Waals surface area contributed by atoms with Crippen molar-refractivity contribution in [3.05, 3.63) is 72.4 Å². The van der Waals surface area contributed by atoms with Crippen molar-refractivity contribution in [2.75, 3.05) is 0 Å². The Balaban J connectivity index is 1.59. The Morgan fingerprint density at radius 1 is 0.789 bits per heavy atom. The van der Waals surface area contributed by atoms with Gasteiger partial charge in [-0.3, -0.25) is 0 Å². The lowest BCUT2D eigenvalue weighted by atomic mass is 10.2. The highest BCUT2D eigenvalue weighted by Gasteiger charge is 2.06. The van der Waals surface area contributed by atoms with Gasteiger partial charge in [-0.15, -0.1) is 0 Å². The van der Waals surface area contributed by atoms with Crippen LogP contribution < -0.4 is 5.32 Å².